The summed E-state index contributed by atoms with van der Waals surface area (Å²) in [6.45, 7) is 4.35. The zero-order valence-corrected chi connectivity index (χ0v) is 11.1. The van der Waals surface area contributed by atoms with Gasteiger partial charge in [-0.15, -0.1) is 0 Å². The van der Waals surface area contributed by atoms with Gasteiger partial charge in [-0.05, 0) is 37.8 Å². The van der Waals surface area contributed by atoms with E-state index in [9.17, 15) is 4.79 Å². The predicted molar refractivity (Wildman–Crippen MR) is 74.5 cm³/mol. The highest BCUT2D eigenvalue weighted by atomic mass is 16.1. The summed E-state index contributed by atoms with van der Waals surface area (Å²) in [7, 11) is 0. The van der Waals surface area contributed by atoms with Crippen molar-refractivity contribution < 1.29 is 4.79 Å². The van der Waals surface area contributed by atoms with Crippen LogP contribution >= 0.6 is 0 Å². The van der Waals surface area contributed by atoms with Crippen LogP contribution in [-0.2, 0) is 4.79 Å². The van der Waals surface area contributed by atoms with Crippen LogP contribution in [0.4, 0.5) is 5.69 Å². The molecule has 1 aromatic rings. The Labute approximate surface area is 109 Å². The summed E-state index contributed by atoms with van der Waals surface area (Å²) in [5, 5.41) is 6.41. The fourth-order valence-electron chi connectivity index (χ4n) is 2.51. The van der Waals surface area contributed by atoms with E-state index in [0.717, 1.165) is 11.6 Å². The molecule has 0 spiro atoms. The molecule has 2 rings (SSSR count). The first-order valence-electron chi connectivity index (χ1n) is 6.74. The lowest BCUT2D eigenvalue weighted by atomic mass is 9.81. The maximum atomic E-state index is 11.8. The van der Waals surface area contributed by atoms with E-state index in [1.807, 2.05) is 30.3 Å². The van der Waals surface area contributed by atoms with Crippen LogP contribution in [0, 0.1) is 5.92 Å². The molecule has 3 nitrogen and oxygen atoms in total. The van der Waals surface area contributed by atoms with Gasteiger partial charge in [-0.1, -0.05) is 25.1 Å². The van der Waals surface area contributed by atoms with Crippen LogP contribution in [0.15, 0.2) is 30.3 Å². The number of rotatable bonds is 5. The van der Waals surface area contributed by atoms with Crippen molar-refractivity contribution in [2.75, 3.05) is 5.32 Å². The highest BCUT2D eigenvalue weighted by Gasteiger charge is 2.26. The summed E-state index contributed by atoms with van der Waals surface area (Å²) in [6, 6.07) is 10.5. The summed E-state index contributed by atoms with van der Waals surface area (Å²) in [6.07, 6.45) is 3.01. The second-order valence-corrected chi connectivity index (χ2v) is 5.46. The third-order valence-corrected chi connectivity index (χ3v) is 3.44. The number of anilines is 1. The standard InChI is InChI=1S/C15H22N2O/c1-11-8-14(9-11)16-12(2)10-15(18)17-13-6-4-3-5-7-13/h3-7,11-12,14,16H,8-10H2,1-2H3,(H,17,18). The molecule has 1 aliphatic rings. The number of carbonyl (C=O) groups is 1. The Kier molecular flexibility index (Phi) is 4.37. The van der Waals surface area contributed by atoms with Crippen molar-refractivity contribution in [1.82, 2.24) is 5.32 Å². The first kappa shape index (κ1) is 13.1. The van der Waals surface area contributed by atoms with Gasteiger partial charge >= 0.3 is 0 Å². The monoisotopic (exact) mass is 246 g/mol. The molecule has 1 atom stereocenters. The van der Waals surface area contributed by atoms with Crippen LogP contribution in [0.25, 0.3) is 0 Å². The molecule has 1 aromatic carbocycles. The number of benzene rings is 1. The molecule has 18 heavy (non-hydrogen) atoms. The minimum absolute atomic E-state index is 0.0774. The molecule has 1 aliphatic carbocycles. The largest absolute Gasteiger partial charge is 0.326 e. The molecule has 98 valence electrons. The van der Waals surface area contributed by atoms with Crippen molar-refractivity contribution >= 4 is 11.6 Å². The van der Waals surface area contributed by atoms with E-state index < -0.39 is 0 Å². The number of hydrogen-bond acceptors (Lipinski definition) is 2. The van der Waals surface area contributed by atoms with Crippen LogP contribution in [0.5, 0.6) is 0 Å². The normalized spacial score (nSPS) is 24.1. The van der Waals surface area contributed by atoms with Gasteiger partial charge in [-0.2, -0.15) is 0 Å². The average molecular weight is 246 g/mol. The van der Waals surface area contributed by atoms with Crippen molar-refractivity contribution in [2.24, 2.45) is 5.92 Å². The molecule has 1 amide bonds. The minimum atomic E-state index is 0.0774. The zero-order valence-electron chi connectivity index (χ0n) is 11.1. The molecule has 0 heterocycles. The van der Waals surface area contributed by atoms with Gasteiger partial charge in [0.25, 0.3) is 0 Å². The number of hydrogen-bond donors (Lipinski definition) is 2. The summed E-state index contributed by atoms with van der Waals surface area (Å²) in [4.78, 5) is 11.8. The van der Waals surface area contributed by atoms with Gasteiger partial charge in [0.1, 0.15) is 0 Å². The van der Waals surface area contributed by atoms with Crippen LogP contribution < -0.4 is 10.6 Å². The number of para-hydroxylation sites is 1. The van der Waals surface area contributed by atoms with Crippen molar-refractivity contribution in [1.29, 1.82) is 0 Å². The Bertz CT molecular complexity index is 385. The Morgan fingerprint density at radius 3 is 2.61 bits per heavy atom. The lowest BCUT2D eigenvalue weighted by Crippen LogP contribution is -2.45. The van der Waals surface area contributed by atoms with E-state index in [0.29, 0.717) is 12.5 Å². The third kappa shape index (κ3) is 3.84. The molecule has 2 N–H and O–H groups in total. The van der Waals surface area contributed by atoms with Gasteiger partial charge in [-0.3, -0.25) is 4.79 Å². The third-order valence-electron chi connectivity index (χ3n) is 3.44. The van der Waals surface area contributed by atoms with Crippen molar-refractivity contribution in [3.8, 4) is 0 Å². The highest BCUT2D eigenvalue weighted by molar-refractivity contribution is 5.90. The highest BCUT2D eigenvalue weighted by Crippen LogP contribution is 2.26. The SMILES string of the molecule is CC1CC(NC(C)CC(=O)Nc2ccccc2)C1. The Hall–Kier alpha value is -1.35. The molecule has 0 saturated heterocycles. The second-order valence-electron chi connectivity index (χ2n) is 5.46. The smallest absolute Gasteiger partial charge is 0.225 e. The van der Waals surface area contributed by atoms with Crippen LogP contribution in [-0.4, -0.2) is 18.0 Å². The van der Waals surface area contributed by atoms with Gasteiger partial charge in [0, 0.05) is 24.2 Å². The van der Waals surface area contributed by atoms with E-state index in [1.165, 1.54) is 12.8 Å². The topological polar surface area (TPSA) is 41.1 Å². The fourth-order valence-corrected chi connectivity index (χ4v) is 2.51. The van der Waals surface area contributed by atoms with Crippen LogP contribution in [0.1, 0.15) is 33.1 Å². The molecule has 1 unspecified atom stereocenters. The first-order chi connectivity index (χ1) is 8.63. The van der Waals surface area contributed by atoms with Crippen molar-refractivity contribution in [3.63, 3.8) is 0 Å². The van der Waals surface area contributed by atoms with Gasteiger partial charge in [0.05, 0.1) is 0 Å². The molecule has 1 fully saturated rings. The average Bonchev–Trinajstić information content (AvgIpc) is 2.28. The summed E-state index contributed by atoms with van der Waals surface area (Å²) in [5.74, 6) is 0.918. The van der Waals surface area contributed by atoms with E-state index in [4.69, 9.17) is 0 Å². The minimum Gasteiger partial charge on any atom is -0.326 e. The molecule has 0 aromatic heterocycles. The van der Waals surface area contributed by atoms with Crippen molar-refractivity contribution in [3.05, 3.63) is 30.3 Å². The van der Waals surface area contributed by atoms with E-state index in [1.54, 1.807) is 0 Å². The zero-order chi connectivity index (χ0) is 13.0. The molecule has 1 saturated carbocycles. The van der Waals surface area contributed by atoms with E-state index in [2.05, 4.69) is 24.5 Å². The molecule has 0 bridgehead atoms. The van der Waals surface area contributed by atoms with E-state index in [-0.39, 0.29) is 11.9 Å². The fraction of sp³-hybridized carbons (Fsp3) is 0.533. The lowest BCUT2D eigenvalue weighted by molar-refractivity contribution is -0.116. The van der Waals surface area contributed by atoms with Gasteiger partial charge < -0.3 is 10.6 Å². The van der Waals surface area contributed by atoms with Crippen LogP contribution in [0.3, 0.4) is 0 Å². The predicted octanol–water partition coefficient (Wildman–Crippen LogP) is 2.79. The summed E-state index contributed by atoms with van der Waals surface area (Å²) >= 11 is 0. The van der Waals surface area contributed by atoms with Crippen molar-refractivity contribution in [2.45, 2.75) is 45.2 Å². The Morgan fingerprint density at radius 1 is 1.33 bits per heavy atom. The van der Waals surface area contributed by atoms with Gasteiger partial charge in [-0.25, -0.2) is 0 Å². The maximum absolute atomic E-state index is 11.8. The molecular weight excluding hydrogens is 224 g/mol. The number of carbonyl (C=O) groups excluding carboxylic acids is 1. The molecule has 0 aliphatic heterocycles. The van der Waals surface area contributed by atoms with Gasteiger partial charge in [0.2, 0.25) is 5.91 Å². The molecule has 3 heteroatoms. The lowest BCUT2D eigenvalue weighted by Gasteiger charge is -2.35. The summed E-state index contributed by atoms with van der Waals surface area (Å²) < 4.78 is 0. The summed E-state index contributed by atoms with van der Waals surface area (Å²) in [5.41, 5.74) is 0.868. The number of nitrogens with one attached hydrogen (secondary N) is 2. The van der Waals surface area contributed by atoms with Gasteiger partial charge in [0.15, 0.2) is 0 Å². The van der Waals surface area contributed by atoms with E-state index >= 15 is 0 Å². The molecule has 0 radical (unpaired) electrons. The molecular formula is C15H22N2O. The number of amides is 1. The second kappa shape index (κ2) is 6.01. The first-order valence-corrected chi connectivity index (χ1v) is 6.74. The van der Waals surface area contributed by atoms with Crippen LogP contribution in [0.2, 0.25) is 0 Å². The Balaban J connectivity index is 1.70. The quantitative estimate of drug-likeness (QED) is 0.838. The maximum Gasteiger partial charge on any atom is 0.225 e. The Morgan fingerprint density at radius 2 is 2.00 bits per heavy atom.